The number of pyridine rings is 2. The summed E-state index contributed by atoms with van der Waals surface area (Å²) in [4.78, 5) is 22.2. The molecule has 32 heavy (non-hydrogen) atoms. The van der Waals surface area contributed by atoms with E-state index in [1.807, 2.05) is 56.3 Å². The molecule has 0 aliphatic heterocycles. The Hall–Kier alpha value is -4.33. The fourth-order valence-corrected chi connectivity index (χ4v) is 3.68. The van der Waals surface area contributed by atoms with E-state index in [1.54, 1.807) is 29.9 Å². The highest BCUT2D eigenvalue weighted by Crippen LogP contribution is 2.27. The smallest absolute Gasteiger partial charge is 0.259 e. The van der Waals surface area contributed by atoms with E-state index in [9.17, 15) is 4.79 Å². The molecule has 4 aromatic heterocycles. The van der Waals surface area contributed by atoms with Crippen molar-refractivity contribution in [3.05, 3.63) is 83.4 Å². The highest BCUT2D eigenvalue weighted by molar-refractivity contribution is 6.13. The van der Waals surface area contributed by atoms with Gasteiger partial charge in [0.2, 0.25) is 0 Å². The number of rotatable bonds is 4. The number of carbonyl (C=O) groups excluding carboxylic acids is 1. The number of aryl methyl sites for hydroxylation is 3. The number of aromatic nitrogens is 5. The van der Waals surface area contributed by atoms with Gasteiger partial charge in [0.1, 0.15) is 0 Å². The average molecular weight is 424 g/mol. The second-order valence-electron chi connectivity index (χ2n) is 7.57. The van der Waals surface area contributed by atoms with Crippen LogP contribution in [0.5, 0.6) is 0 Å². The van der Waals surface area contributed by atoms with Crippen molar-refractivity contribution in [3.8, 4) is 17.1 Å². The Morgan fingerprint density at radius 1 is 1.03 bits per heavy atom. The van der Waals surface area contributed by atoms with Gasteiger partial charge < -0.3 is 9.84 Å². The molecule has 0 unspecified atom stereocenters. The predicted octanol–water partition coefficient (Wildman–Crippen LogP) is 4.65. The highest BCUT2D eigenvalue weighted by Gasteiger charge is 2.19. The lowest BCUT2D eigenvalue weighted by Gasteiger charge is -2.09. The predicted molar refractivity (Wildman–Crippen MR) is 121 cm³/mol. The molecule has 5 aromatic rings. The molecule has 0 saturated heterocycles. The van der Waals surface area contributed by atoms with Gasteiger partial charge in [0.15, 0.2) is 5.82 Å². The molecule has 0 aliphatic rings. The van der Waals surface area contributed by atoms with Crippen molar-refractivity contribution in [2.45, 2.75) is 20.8 Å². The number of carbonyl (C=O) groups is 1. The Bertz CT molecular complexity index is 1440. The van der Waals surface area contributed by atoms with Crippen LogP contribution in [-0.4, -0.2) is 30.8 Å². The fraction of sp³-hybridized carbons (Fsp3) is 0.125. The second-order valence-corrected chi connectivity index (χ2v) is 7.57. The normalized spacial score (nSPS) is 11.1. The number of benzene rings is 1. The van der Waals surface area contributed by atoms with Crippen molar-refractivity contribution in [1.29, 1.82) is 0 Å². The van der Waals surface area contributed by atoms with E-state index in [2.05, 4.69) is 25.5 Å². The maximum atomic E-state index is 13.2. The maximum Gasteiger partial charge on any atom is 0.259 e. The van der Waals surface area contributed by atoms with Crippen molar-refractivity contribution < 1.29 is 9.32 Å². The Morgan fingerprint density at radius 2 is 1.84 bits per heavy atom. The van der Waals surface area contributed by atoms with Gasteiger partial charge in [-0.25, -0.2) is 14.6 Å². The number of hydrogen-bond donors (Lipinski definition) is 1. The molecule has 1 aromatic carbocycles. The Kier molecular flexibility index (Phi) is 4.74. The van der Waals surface area contributed by atoms with Gasteiger partial charge in [-0.05, 0) is 45.0 Å². The lowest BCUT2D eigenvalue weighted by atomic mass is 10.1. The zero-order valence-electron chi connectivity index (χ0n) is 17.8. The molecule has 4 heterocycles. The van der Waals surface area contributed by atoms with Crippen LogP contribution in [0, 0.1) is 20.8 Å². The zero-order chi connectivity index (χ0) is 22.2. The minimum atomic E-state index is -0.290. The quantitative estimate of drug-likeness (QED) is 0.451. The van der Waals surface area contributed by atoms with Gasteiger partial charge in [-0.2, -0.15) is 5.10 Å². The van der Waals surface area contributed by atoms with Gasteiger partial charge in [0, 0.05) is 11.3 Å². The number of nitrogens with zero attached hydrogens (tertiary/aromatic N) is 5. The summed E-state index contributed by atoms with van der Waals surface area (Å²) < 4.78 is 7.13. The fourth-order valence-electron chi connectivity index (χ4n) is 3.68. The van der Waals surface area contributed by atoms with E-state index in [-0.39, 0.29) is 5.91 Å². The van der Waals surface area contributed by atoms with Crippen molar-refractivity contribution in [3.63, 3.8) is 0 Å². The third-order valence-corrected chi connectivity index (χ3v) is 5.16. The number of fused-ring (bicyclic) bond motifs is 1. The summed E-state index contributed by atoms with van der Waals surface area (Å²) in [5.41, 5.74) is 5.37. The molecule has 8 heteroatoms. The van der Waals surface area contributed by atoms with Gasteiger partial charge in [0.25, 0.3) is 11.6 Å². The molecular weight excluding hydrogens is 404 g/mol. The molecule has 8 nitrogen and oxygen atoms in total. The van der Waals surface area contributed by atoms with Crippen molar-refractivity contribution in [2.24, 2.45) is 0 Å². The van der Waals surface area contributed by atoms with E-state index in [1.165, 1.54) is 0 Å². The summed E-state index contributed by atoms with van der Waals surface area (Å²) in [7, 11) is 0. The zero-order valence-corrected chi connectivity index (χ0v) is 17.8. The number of nitrogens with one attached hydrogen (secondary N) is 1. The number of anilines is 1. The van der Waals surface area contributed by atoms with Gasteiger partial charge >= 0.3 is 0 Å². The highest BCUT2D eigenvalue weighted by atomic mass is 16.5. The Balaban J connectivity index is 1.48. The van der Waals surface area contributed by atoms with Crippen molar-refractivity contribution in [1.82, 2.24) is 24.9 Å². The lowest BCUT2D eigenvalue weighted by Crippen LogP contribution is -2.13. The molecule has 0 bridgehead atoms. The summed E-state index contributed by atoms with van der Waals surface area (Å²) in [6.07, 6.45) is 1.61. The molecule has 0 saturated carbocycles. The van der Waals surface area contributed by atoms with Crippen molar-refractivity contribution in [2.75, 3.05) is 5.32 Å². The first-order valence-electron chi connectivity index (χ1n) is 10.1. The largest absolute Gasteiger partial charge is 0.335 e. The number of amides is 1. The molecule has 0 aliphatic carbocycles. The van der Waals surface area contributed by atoms with E-state index >= 15 is 0 Å². The first-order valence-corrected chi connectivity index (χ1v) is 10.1. The van der Waals surface area contributed by atoms with Gasteiger partial charge in [-0.15, -0.1) is 0 Å². The maximum absolute atomic E-state index is 13.2. The van der Waals surface area contributed by atoms with Crippen LogP contribution in [0.2, 0.25) is 0 Å². The van der Waals surface area contributed by atoms with Gasteiger partial charge in [-0.1, -0.05) is 35.5 Å². The van der Waals surface area contributed by atoms with Crippen LogP contribution in [0.15, 0.2) is 65.3 Å². The molecule has 1 N–H and O–H groups in total. The molecule has 0 fully saturated rings. The number of hydrogen-bond acceptors (Lipinski definition) is 6. The molecule has 0 atom stereocenters. The van der Waals surface area contributed by atoms with Crippen LogP contribution in [0.25, 0.3) is 28.2 Å². The first kappa shape index (κ1) is 19.6. The van der Waals surface area contributed by atoms with E-state index in [0.29, 0.717) is 39.6 Å². The molecule has 158 valence electrons. The van der Waals surface area contributed by atoms with E-state index < -0.39 is 0 Å². The van der Waals surface area contributed by atoms with E-state index in [0.717, 1.165) is 17.0 Å². The van der Waals surface area contributed by atoms with Crippen LogP contribution in [0.3, 0.4) is 0 Å². The minimum Gasteiger partial charge on any atom is -0.335 e. The summed E-state index contributed by atoms with van der Waals surface area (Å²) in [5, 5.41) is 11.9. The Morgan fingerprint density at radius 3 is 2.53 bits per heavy atom. The standard InChI is InChI=1S/C24H20N6O2/c1-14-11-15(2)30(28-14)21-10-9-18(13-25-21)26-23(31)19-12-20(17-7-5-4-6-8-17)27-24-22(19)16(3)29-32-24/h4-13H,1-3H3,(H,26,31). The molecular formula is C24H20N6O2. The van der Waals surface area contributed by atoms with Gasteiger partial charge in [-0.3, -0.25) is 4.79 Å². The molecule has 1 amide bonds. The van der Waals surface area contributed by atoms with Crippen LogP contribution >= 0.6 is 0 Å². The third kappa shape index (κ3) is 3.51. The monoisotopic (exact) mass is 424 g/mol. The summed E-state index contributed by atoms with van der Waals surface area (Å²) in [6.45, 7) is 5.69. The summed E-state index contributed by atoms with van der Waals surface area (Å²) >= 11 is 0. The lowest BCUT2D eigenvalue weighted by molar-refractivity contribution is 0.102. The van der Waals surface area contributed by atoms with Crippen LogP contribution in [0.1, 0.15) is 27.4 Å². The molecule has 0 radical (unpaired) electrons. The SMILES string of the molecule is Cc1cc(C)n(-c2ccc(NC(=O)c3cc(-c4ccccc4)nc4onc(C)c34)cn2)n1. The van der Waals surface area contributed by atoms with E-state index in [4.69, 9.17) is 4.52 Å². The third-order valence-electron chi connectivity index (χ3n) is 5.16. The van der Waals surface area contributed by atoms with Crippen LogP contribution < -0.4 is 5.32 Å². The second kappa shape index (κ2) is 7.73. The first-order chi connectivity index (χ1) is 15.5. The summed E-state index contributed by atoms with van der Waals surface area (Å²) in [6, 6.07) is 17.0. The topological polar surface area (TPSA) is 98.7 Å². The van der Waals surface area contributed by atoms with Gasteiger partial charge in [0.05, 0.1) is 39.9 Å². The molecule has 5 rings (SSSR count). The summed E-state index contributed by atoms with van der Waals surface area (Å²) in [5.74, 6) is 0.391. The average Bonchev–Trinajstić information content (AvgIpc) is 3.35. The van der Waals surface area contributed by atoms with Crippen molar-refractivity contribution >= 4 is 22.7 Å². The Labute approximate surface area is 183 Å². The van der Waals surface area contributed by atoms with Crippen LogP contribution in [0.4, 0.5) is 5.69 Å². The minimum absolute atomic E-state index is 0.290. The van der Waals surface area contributed by atoms with Crippen LogP contribution in [-0.2, 0) is 0 Å². The molecule has 0 spiro atoms.